The van der Waals surface area contributed by atoms with Crippen molar-refractivity contribution in [3.63, 3.8) is 0 Å². The highest BCUT2D eigenvalue weighted by atomic mass is 35.5. The predicted molar refractivity (Wildman–Crippen MR) is 62.6 cm³/mol. The smallest absolute Gasteiger partial charge is 0.302 e. The maximum atomic E-state index is 10.9. The fourth-order valence-electron chi connectivity index (χ4n) is 1.76. The number of anilines is 1. The number of nitrogens with two attached hydrogens (primary N) is 1. The van der Waals surface area contributed by atoms with E-state index < -0.39 is 11.1 Å². The Morgan fingerprint density at radius 2 is 2.12 bits per heavy atom. The molecule has 0 aromatic heterocycles. The van der Waals surface area contributed by atoms with Crippen LogP contribution in [-0.2, 0) is 0 Å². The second-order valence-corrected chi connectivity index (χ2v) is 3.91. The van der Waals surface area contributed by atoms with Crippen LogP contribution in [0.1, 0.15) is 5.56 Å². The molecule has 1 aliphatic heterocycles. The molecule has 0 aliphatic carbocycles. The highest BCUT2D eigenvalue weighted by Gasteiger charge is 2.35. The van der Waals surface area contributed by atoms with Crippen LogP contribution < -0.4 is 10.6 Å². The first-order valence-corrected chi connectivity index (χ1v) is 5.03. The molecule has 6 heteroatoms. The van der Waals surface area contributed by atoms with Crippen molar-refractivity contribution < 1.29 is 4.92 Å². The first-order valence-electron chi connectivity index (χ1n) is 4.66. The number of rotatable bonds is 1. The minimum atomic E-state index is -0.822. The van der Waals surface area contributed by atoms with E-state index in [9.17, 15) is 10.1 Å². The average Bonchev–Trinajstić information content (AvgIpc) is 2.26. The van der Waals surface area contributed by atoms with Crippen molar-refractivity contribution >= 4 is 22.3 Å². The lowest BCUT2D eigenvalue weighted by Crippen LogP contribution is -2.45. The van der Waals surface area contributed by atoms with E-state index in [1.54, 1.807) is 24.1 Å². The summed E-state index contributed by atoms with van der Waals surface area (Å²) >= 11 is 6.00. The molecule has 16 heavy (non-hydrogen) atoms. The molecule has 0 saturated heterocycles. The van der Waals surface area contributed by atoms with Gasteiger partial charge >= 0.3 is 5.70 Å². The van der Waals surface area contributed by atoms with Gasteiger partial charge in [0.05, 0.1) is 4.92 Å². The second-order valence-electron chi connectivity index (χ2n) is 3.53. The first kappa shape index (κ1) is 10.9. The Hall–Kier alpha value is -1.59. The Morgan fingerprint density at radius 1 is 1.50 bits per heavy atom. The molecule has 0 amide bonds. The molecule has 5 nitrogen and oxygen atoms in total. The molecule has 1 heterocycles. The maximum Gasteiger partial charge on any atom is 0.302 e. The zero-order valence-electron chi connectivity index (χ0n) is 8.55. The SMILES string of the molecule is CN1c2ccccc2C(Cl)=C([N+](=O)[O-])C1N. The minimum Gasteiger partial charge on any atom is -0.350 e. The van der Waals surface area contributed by atoms with Gasteiger partial charge in [0.2, 0.25) is 0 Å². The third-order valence-corrected chi connectivity index (χ3v) is 3.04. The van der Waals surface area contributed by atoms with Crippen LogP contribution in [0, 0.1) is 10.1 Å². The Morgan fingerprint density at radius 3 is 2.75 bits per heavy atom. The van der Waals surface area contributed by atoms with Crippen molar-refractivity contribution in [1.29, 1.82) is 0 Å². The van der Waals surface area contributed by atoms with Crippen LogP contribution >= 0.6 is 11.6 Å². The van der Waals surface area contributed by atoms with Gasteiger partial charge in [-0.1, -0.05) is 29.8 Å². The normalized spacial score (nSPS) is 19.7. The van der Waals surface area contributed by atoms with E-state index in [2.05, 4.69) is 0 Å². The van der Waals surface area contributed by atoms with Crippen molar-refractivity contribution in [1.82, 2.24) is 0 Å². The van der Waals surface area contributed by atoms with E-state index >= 15 is 0 Å². The van der Waals surface area contributed by atoms with Crippen molar-refractivity contribution in [2.24, 2.45) is 5.73 Å². The molecule has 0 radical (unpaired) electrons. The van der Waals surface area contributed by atoms with Crippen LogP contribution in [0.5, 0.6) is 0 Å². The molecule has 0 fully saturated rings. The summed E-state index contributed by atoms with van der Waals surface area (Å²) in [6.07, 6.45) is -0.822. The molecular formula is C10H10ClN3O2. The fourth-order valence-corrected chi connectivity index (χ4v) is 2.10. The van der Waals surface area contributed by atoms with Gasteiger partial charge < -0.3 is 10.6 Å². The molecule has 1 aromatic rings. The molecule has 2 rings (SSSR count). The van der Waals surface area contributed by atoms with Gasteiger partial charge in [-0.3, -0.25) is 10.1 Å². The highest BCUT2D eigenvalue weighted by Crippen LogP contribution is 2.37. The van der Waals surface area contributed by atoms with Crippen molar-refractivity contribution in [3.8, 4) is 0 Å². The number of para-hydroxylation sites is 1. The third-order valence-electron chi connectivity index (χ3n) is 2.64. The van der Waals surface area contributed by atoms with Crippen LogP contribution in [0.4, 0.5) is 5.69 Å². The standard InChI is InChI=1S/C10H10ClN3O2/c1-13-7-5-3-2-4-6(7)8(11)9(10(13)12)14(15)16/h2-5,10H,12H2,1H3. The van der Waals surface area contributed by atoms with Crippen LogP contribution in [0.25, 0.3) is 5.03 Å². The molecule has 1 unspecified atom stereocenters. The molecule has 0 bridgehead atoms. The summed E-state index contributed by atoms with van der Waals surface area (Å²) < 4.78 is 0. The summed E-state index contributed by atoms with van der Waals surface area (Å²) in [7, 11) is 1.70. The number of nitro groups is 1. The van der Waals surface area contributed by atoms with Gasteiger partial charge in [0, 0.05) is 18.3 Å². The van der Waals surface area contributed by atoms with Gasteiger partial charge in [-0.25, -0.2) is 0 Å². The lowest BCUT2D eigenvalue weighted by atomic mass is 10.0. The number of likely N-dealkylation sites (N-methyl/N-ethyl adjacent to an activating group) is 1. The third kappa shape index (κ3) is 1.45. The van der Waals surface area contributed by atoms with E-state index in [1.165, 1.54) is 0 Å². The van der Waals surface area contributed by atoms with E-state index in [0.29, 0.717) is 5.56 Å². The molecule has 2 N–H and O–H groups in total. The molecule has 0 saturated carbocycles. The summed E-state index contributed by atoms with van der Waals surface area (Å²) in [5.74, 6) is 0. The zero-order chi connectivity index (χ0) is 11.9. The number of hydrogen-bond acceptors (Lipinski definition) is 4. The van der Waals surface area contributed by atoms with Crippen molar-refractivity contribution in [2.75, 3.05) is 11.9 Å². The molecule has 1 aliphatic rings. The first-order chi connectivity index (χ1) is 7.54. The predicted octanol–water partition coefficient (Wildman–Crippen LogP) is 1.61. The number of benzene rings is 1. The number of nitrogens with zero attached hydrogens (tertiary/aromatic N) is 2. The number of halogens is 1. The van der Waals surface area contributed by atoms with Gasteiger partial charge in [-0.2, -0.15) is 0 Å². The molecule has 1 aromatic carbocycles. The number of hydrogen-bond donors (Lipinski definition) is 1. The average molecular weight is 240 g/mol. The molecule has 1 atom stereocenters. The Bertz CT molecular complexity index is 487. The lowest BCUT2D eigenvalue weighted by Gasteiger charge is -2.30. The Labute approximate surface area is 97.3 Å². The van der Waals surface area contributed by atoms with Gasteiger partial charge in [0.1, 0.15) is 5.03 Å². The maximum absolute atomic E-state index is 10.9. The summed E-state index contributed by atoms with van der Waals surface area (Å²) in [6.45, 7) is 0. The van der Waals surface area contributed by atoms with Crippen LogP contribution in [0.15, 0.2) is 30.0 Å². The summed E-state index contributed by atoms with van der Waals surface area (Å²) in [5, 5.41) is 11.0. The largest absolute Gasteiger partial charge is 0.350 e. The van der Waals surface area contributed by atoms with Gasteiger partial charge in [-0.05, 0) is 6.07 Å². The van der Waals surface area contributed by atoms with Gasteiger partial charge in [0.15, 0.2) is 6.17 Å². The highest BCUT2D eigenvalue weighted by molar-refractivity contribution is 6.50. The monoisotopic (exact) mass is 239 g/mol. The van der Waals surface area contributed by atoms with E-state index in [0.717, 1.165) is 5.69 Å². The van der Waals surface area contributed by atoms with Gasteiger partial charge in [0.25, 0.3) is 0 Å². The number of fused-ring (bicyclic) bond motifs is 1. The lowest BCUT2D eigenvalue weighted by molar-refractivity contribution is -0.428. The van der Waals surface area contributed by atoms with Crippen LogP contribution in [-0.4, -0.2) is 18.1 Å². The Kier molecular flexibility index (Phi) is 2.57. The van der Waals surface area contributed by atoms with E-state index in [-0.39, 0.29) is 10.7 Å². The molecular weight excluding hydrogens is 230 g/mol. The summed E-state index contributed by atoms with van der Waals surface area (Å²) in [4.78, 5) is 12.0. The quantitative estimate of drug-likeness (QED) is 0.597. The van der Waals surface area contributed by atoms with E-state index in [1.807, 2.05) is 12.1 Å². The van der Waals surface area contributed by atoms with Gasteiger partial charge in [-0.15, -0.1) is 0 Å². The minimum absolute atomic E-state index is 0.117. The van der Waals surface area contributed by atoms with E-state index in [4.69, 9.17) is 17.3 Å². The Balaban J connectivity index is 2.69. The second kappa shape index (κ2) is 3.77. The summed E-state index contributed by atoms with van der Waals surface area (Å²) in [6, 6.07) is 7.19. The topological polar surface area (TPSA) is 72.4 Å². The molecule has 84 valence electrons. The van der Waals surface area contributed by atoms with Crippen molar-refractivity contribution in [2.45, 2.75) is 6.17 Å². The molecule has 0 spiro atoms. The summed E-state index contributed by atoms with van der Waals surface area (Å²) in [5.41, 5.74) is 7.04. The zero-order valence-corrected chi connectivity index (χ0v) is 9.31. The fraction of sp³-hybridized carbons (Fsp3) is 0.200. The van der Waals surface area contributed by atoms with Crippen LogP contribution in [0.2, 0.25) is 0 Å². The van der Waals surface area contributed by atoms with Crippen LogP contribution in [0.3, 0.4) is 0 Å². The van der Waals surface area contributed by atoms with Crippen molar-refractivity contribution in [3.05, 3.63) is 45.6 Å².